The number of aliphatic hydroxyl groups is 1. The molecule has 0 bridgehead atoms. The van der Waals surface area contributed by atoms with Gasteiger partial charge in [-0.25, -0.2) is 0 Å². The van der Waals surface area contributed by atoms with Crippen LogP contribution >= 0.6 is 0 Å². The van der Waals surface area contributed by atoms with Gasteiger partial charge in [0.25, 0.3) is 0 Å². The first-order valence-corrected chi connectivity index (χ1v) is 6.46. The molecule has 0 aromatic rings. The molecule has 1 aliphatic heterocycles. The number of rotatable bonds is 4. The number of likely N-dealkylation sites (tertiary alicyclic amines) is 1. The lowest BCUT2D eigenvalue weighted by Gasteiger charge is -2.25. The van der Waals surface area contributed by atoms with Gasteiger partial charge in [-0.2, -0.15) is 0 Å². The van der Waals surface area contributed by atoms with Crippen molar-refractivity contribution >= 4 is 0 Å². The van der Waals surface area contributed by atoms with Gasteiger partial charge in [-0.3, -0.25) is 4.90 Å². The van der Waals surface area contributed by atoms with E-state index in [0.29, 0.717) is 12.1 Å². The molecule has 2 aliphatic rings. The van der Waals surface area contributed by atoms with Crippen LogP contribution in [0.4, 0.5) is 0 Å². The maximum Gasteiger partial charge on any atom is 0.0693 e. The highest BCUT2D eigenvalue weighted by Gasteiger charge is 2.28. The van der Waals surface area contributed by atoms with E-state index < -0.39 is 0 Å². The van der Waals surface area contributed by atoms with E-state index in [-0.39, 0.29) is 6.10 Å². The maximum atomic E-state index is 9.71. The fourth-order valence-corrected chi connectivity index (χ4v) is 3.01. The van der Waals surface area contributed by atoms with E-state index in [2.05, 4.69) is 17.1 Å². The van der Waals surface area contributed by atoms with Crippen molar-refractivity contribution in [3.05, 3.63) is 0 Å². The number of nitrogens with one attached hydrogen (secondary N) is 1. The van der Waals surface area contributed by atoms with E-state index in [1.807, 2.05) is 0 Å². The van der Waals surface area contributed by atoms with Crippen molar-refractivity contribution in [1.29, 1.82) is 0 Å². The Morgan fingerprint density at radius 2 is 2.13 bits per heavy atom. The van der Waals surface area contributed by atoms with E-state index in [1.54, 1.807) is 0 Å². The van der Waals surface area contributed by atoms with Gasteiger partial charge in [-0.1, -0.05) is 6.92 Å². The largest absolute Gasteiger partial charge is 0.392 e. The number of nitrogens with zero attached hydrogens (tertiary/aromatic N) is 1. The second-order valence-corrected chi connectivity index (χ2v) is 4.94. The van der Waals surface area contributed by atoms with Gasteiger partial charge in [0.1, 0.15) is 0 Å². The first kappa shape index (κ1) is 11.4. The molecule has 3 heteroatoms. The molecule has 2 N–H and O–H groups in total. The minimum Gasteiger partial charge on any atom is -0.392 e. The van der Waals surface area contributed by atoms with Gasteiger partial charge in [0.05, 0.1) is 6.10 Å². The summed E-state index contributed by atoms with van der Waals surface area (Å²) >= 11 is 0. The second-order valence-electron chi connectivity index (χ2n) is 4.94. The third-order valence-electron chi connectivity index (χ3n) is 4.00. The van der Waals surface area contributed by atoms with E-state index >= 15 is 0 Å². The number of hydrogen-bond donors (Lipinski definition) is 2. The summed E-state index contributed by atoms with van der Waals surface area (Å²) in [6.45, 7) is 5.73. The summed E-state index contributed by atoms with van der Waals surface area (Å²) in [4.78, 5) is 2.55. The maximum absolute atomic E-state index is 9.71. The van der Waals surface area contributed by atoms with Crippen LogP contribution in [0, 0.1) is 0 Å². The minimum absolute atomic E-state index is 0.0959. The molecular formula is C12H24N2O. The summed E-state index contributed by atoms with van der Waals surface area (Å²) in [5.41, 5.74) is 0. The monoisotopic (exact) mass is 212 g/mol. The highest BCUT2D eigenvalue weighted by molar-refractivity contribution is 4.86. The van der Waals surface area contributed by atoms with E-state index in [9.17, 15) is 5.11 Å². The summed E-state index contributed by atoms with van der Waals surface area (Å²) in [6, 6.07) is 1.08. The van der Waals surface area contributed by atoms with Crippen LogP contribution in [0.5, 0.6) is 0 Å². The molecule has 1 saturated carbocycles. The van der Waals surface area contributed by atoms with Gasteiger partial charge in [0.15, 0.2) is 0 Å². The molecule has 0 amide bonds. The van der Waals surface area contributed by atoms with Crippen molar-refractivity contribution in [1.82, 2.24) is 10.2 Å². The van der Waals surface area contributed by atoms with Crippen molar-refractivity contribution < 1.29 is 5.11 Å². The third kappa shape index (κ3) is 2.71. The van der Waals surface area contributed by atoms with Crippen LogP contribution in [0.25, 0.3) is 0 Å². The predicted octanol–water partition coefficient (Wildman–Crippen LogP) is 0.974. The van der Waals surface area contributed by atoms with Gasteiger partial charge in [-0.05, 0) is 45.2 Å². The summed E-state index contributed by atoms with van der Waals surface area (Å²) in [5, 5.41) is 13.3. The first-order valence-electron chi connectivity index (χ1n) is 6.46. The molecule has 3 nitrogen and oxygen atoms in total. The molecule has 1 heterocycles. The van der Waals surface area contributed by atoms with Gasteiger partial charge < -0.3 is 10.4 Å². The SMILES string of the molecule is CCN1CCCC1CN[C@@H]1CCC[C@H]1O. The number of aliphatic hydroxyl groups excluding tert-OH is 1. The lowest BCUT2D eigenvalue weighted by molar-refractivity contribution is 0.143. The zero-order valence-corrected chi connectivity index (χ0v) is 9.78. The Balaban J connectivity index is 1.72. The van der Waals surface area contributed by atoms with E-state index in [4.69, 9.17) is 0 Å². The first-order chi connectivity index (χ1) is 7.31. The van der Waals surface area contributed by atoms with Crippen molar-refractivity contribution in [2.75, 3.05) is 19.6 Å². The van der Waals surface area contributed by atoms with Gasteiger partial charge in [0.2, 0.25) is 0 Å². The highest BCUT2D eigenvalue weighted by atomic mass is 16.3. The number of hydrogen-bond acceptors (Lipinski definition) is 3. The smallest absolute Gasteiger partial charge is 0.0693 e. The van der Waals surface area contributed by atoms with E-state index in [0.717, 1.165) is 19.4 Å². The molecule has 3 atom stereocenters. The van der Waals surface area contributed by atoms with Crippen molar-refractivity contribution in [2.45, 2.75) is 57.2 Å². The van der Waals surface area contributed by atoms with Crippen molar-refractivity contribution in [3.8, 4) is 0 Å². The van der Waals surface area contributed by atoms with Crippen LogP contribution in [0.2, 0.25) is 0 Å². The highest BCUT2D eigenvalue weighted by Crippen LogP contribution is 2.20. The Bertz CT molecular complexity index is 198. The Kier molecular flexibility index (Phi) is 4.00. The summed E-state index contributed by atoms with van der Waals surface area (Å²) in [6.07, 6.45) is 5.89. The average molecular weight is 212 g/mol. The summed E-state index contributed by atoms with van der Waals surface area (Å²) < 4.78 is 0. The zero-order valence-electron chi connectivity index (χ0n) is 9.78. The molecule has 2 fully saturated rings. The third-order valence-corrected chi connectivity index (χ3v) is 4.00. The normalized spacial score (nSPS) is 37.6. The Hall–Kier alpha value is -0.120. The van der Waals surface area contributed by atoms with Gasteiger partial charge in [-0.15, -0.1) is 0 Å². The lowest BCUT2D eigenvalue weighted by atomic mass is 10.1. The molecule has 88 valence electrons. The molecule has 15 heavy (non-hydrogen) atoms. The quantitative estimate of drug-likeness (QED) is 0.729. The minimum atomic E-state index is -0.0959. The van der Waals surface area contributed by atoms with Crippen LogP contribution < -0.4 is 5.32 Å². The molecule has 0 spiro atoms. The Labute approximate surface area is 92.8 Å². The van der Waals surface area contributed by atoms with Crippen LogP contribution in [-0.2, 0) is 0 Å². The molecule has 0 radical (unpaired) electrons. The van der Waals surface area contributed by atoms with Crippen LogP contribution in [0.3, 0.4) is 0 Å². The Morgan fingerprint density at radius 1 is 1.27 bits per heavy atom. The second kappa shape index (κ2) is 5.28. The molecule has 0 aromatic carbocycles. The topological polar surface area (TPSA) is 35.5 Å². The zero-order chi connectivity index (χ0) is 10.7. The fourth-order valence-electron chi connectivity index (χ4n) is 3.01. The average Bonchev–Trinajstić information content (AvgIpc) is 2.83. The fraction of sp³-hybridized carbons (Fsp3) is 1.00. The van der Waals surface area contributed by atoms with Crippen LogP contribution in [-0.4, -0.2) is 47.8 Å². The molecule has 1 unspecified atom stereocenters. The van der Waals surface area contributed by atoms with Gasteiger partial charge in [0, 0.05) is 18.6 Å². The van der Waals surface area contributed by atoms with Crippen molar-refractivity contribution in [2.24, 2.45) is 0 Å². The van der Waals surface area contributed by atoms with Crippen molar-refractivity contribution in [3.63, 3.8) is 0 Å². The van der Waals surface area contributed by atoms with E-state index in [1.165, 1.54) is 32.4 Å². The molecule has 0 aromatic heterocycles. The molecular weight excluding hydrogens is 188 g/mol. The predicted molar refractivity (Wildman–Crippen MR) is 61.9 cm³/mol. The lowest BCUT2D eigenvalue weighted by Crippen LogP contribution is -2.44. The van der Waals surface area contributed by atoms with Crippen LogP contribution in [0.1, 0.15) is 39.0 Å². The van der Waals surface area contributed by atoms with Crippen LogP contribution in [0.15, 0.2) is 0 Å². The molecule has 1 saturated heterocycles. The van der Waals surface area contributed by atoms with Gasteiger partial charge >= 0.3 is 0 Å². The summed E-state index contributed by atoms with van der Waals surface area (Å²) in [7, 11) is 0. The molecule has 1 aliphatic carbocycles. The summed E-state index contributed by atoms with van der Waals surface area (Å²) in [5.74, 6) is 0. The standard InChI is InChI=1S/C12H24N2O/c1-2-14-8-4-5-10(14)9-13-11-6-3-7-12(11)15/h10-13,15H,2-9H2,1H3/t10?,11-,12-/m1/s1. The molecule has 2 rings (SSSR count). The number of likely N-dealkylation sites (N-methyl/N-ethyl adjacent to an activating group) is 1. The Morgan fingerprint density at radius 3 is 2.80 bits per heavy atom.